The zero-order valence-electron chi connectivity index (χ0n) is 5.39. The van der Waals surface area contributed by atoms with Crippen LogP contribution in [0.15, 0.2) is 11.1 Å². The Labute approximate surface area is 63.2 Å². The highest BCUT2D eigenvalue weighted by Gasteiger charge is 2.10. The summed E-state index contributed by atoms with van der Waals surface area (Å²) >= 11 is 1.50. The van der Waals surface area contributed by atoms with E-state index in [0.717, 1.165) is 12.3 Å². The molecule has 0 bridgehead atoms. The normalized spacial score (nSPS) is 17.1. The fourth-order valence-electron chi connectivity index (χ4n) is 0.629. The van der Waals surface area contributed by atoms with Gasteiger partial charge in [0.2, 0.25) is 0 Å². The fourth-order valence-corrected chi connectivity index (χ4v) is 1.43. The Bertz CT molecular complexity index is 168. The van der Waals surface area contributed by atoms with E-state index in [1.807, 2.05) is 0 Å². The average molecular weight is 159 g/mol. The maximum atomic E-state index is 10.8. The Morgan fingerprint density at radius 2 is 2.70 bits per heavy atom. The highest BCUT2D eigenvalue weighted by molar-refractivity contribution is 8.04. The van der Waals surface area contributed by atoms with E-state index in [1.54, 1.807) is 6.20 Å². The number of nitrogens with one attached hydrogen (secondary N) is 2. The number of hydrazine groups is 1. The number of carbonyl (C=O) groups excluding carboxylic acids is 1. The van der Waals surface area contributed by atoms with Crippen molar-refractivity contribution in [3.05, 3.63) is 11.1 Å². The van der Waals surface area contributed by atoms with Crippen LogP contribution in [-0.4, -0.2) is 18.2 Å². The van der Waals surface area contributed by atoms with Crippen molar-refractivity contribution >= 4 is 17.7 Å². The molecule has 0 spiro atoms. The summed E-state index contributed by atoms with van der Waals surface area (Å²) in [7, 11) is 0. The van der Waals surface area contributed by atoms with E-state index >= 15 is 0 Å². The van der Waals surface area contributed by atoms with Crippen LogP contribution in [0, 0.1) is 0 Å². The Hall–Kier alpha value is -0.680. The van der Waals surface area contributed by atoms with Crippen LogP contribution in [0.2, 0.25) is 0 Å². The van der Waals surface area contributed by atoms with E-state index in [2.05, 4.69) is 10.7 Å². The molecule has 5 heteroatoms. The second-order valence-corrected chi connectivity index (χ2v) is 2.92. The Balaban J connectivity index is 2.53. The van der Waals surface area contributed by atoms with Crippen molar-refractivity contribution in [1.29, 1.82) is 0 Å². The fraction of sp³-hybridized carbons (Fsp3) is 0.400. The third kappa shape index (κ3) is 1.65. The van der Waals surface area contributed by atoms with Crippen LogP contribution in [0.4, 0.5) is 0 Å². The SMILES string of the molecule is NNC(=O)C1=CNCCS1. The van der Waals surface area contributed by atoms with Crippen LogP contribution in [0.1, 0.15) is 0 Å². The van der Waals surface area contributed by atoms with Crippen molar-refractivity contribution in [3.8, 4) is 0 Å². The van der Waals surface area contributed by atoms with Gasteiger partial charge in [-0.2, -0.15) is 0 Å². The van der Waals surface area contributed by atoms with Crippen LogP contribution in [0.5, 0.6) is 0 Å². The first-order valence-electron chi connectivity index (χ1n) is 2.92. The molecule has 0 saturated carbocycles. The van der Waals surface area contributed by atoms with Gasteiger partial charge in [-0.3, -0.25) is 10.2 Å². The molecule has 0 aliphatic carbocycles. The number of amides is 1. The van der Waals surface area contributed by atoms with E-state index in [4.69, 9.17) is 5.84 Å². The van der Waals surface area contributed by atoms with Crippen molar-refractivity contribution in [1.82, 2.24) is 10.7 Å². The largest absolute Gasteiger partial charge is 0.389 e. The summed E-state index contributed by atoms with van der Waals surface area (Å²) in [5.41, 5.74) is 2.07. The molecule has 0 saturated heterocycles. The van der Waals surface area contributed by atoms with Crippen LogP contribution < -0.4 is 16.6 Å². The Morgan fingerprint density at radius 3 is 3.20 bits per heavy atom. The lowest BCUT2D eigenvalue weighted by Crippen LogP contribution is -2.32. The van der Waals surface area contributed by atoms with Gasteiger partial charge in [-0.1, -0.05) is 0 Å². The van der Waals surface area contributed by atoms with Crippen molar-refractivity contribution in [2.45, 2.75) is 0 Å². The Kier molecular flexibility index (Phi) is 2.58. The summed E-state index contributed by atoms with van der Waals surface area (Å²) < 4.78 is 0. The van der Waals surface area contributed by atoms with Gasteiger partial charge in [-0.15, -0.1) is 11.8 Å². The molecule has 0 aromatic heterocycles. The Morgan fingerprint density at radius 1 is 1.90 bits per heavy atom. The summed E-state index contributed by atoms with van der Waals surface area (Å²) in [5, 5.41) is 2.95. The highest BCUT2D eigenvalue weighted by Crippen LogP contribution is 2.16. The lowest BCUT2D eigenvalue weighted by molar-refractivity contribution is -0.116. The zero-order valence-corrected chi connectivity index (χ0v) is 6.20. The van der Waals surface area contributed by atoms with Crippen molar-refractivity contribution < 1.29 is 4.79 Å². The van der Waals surface area contributed by atoms with Gasteiger partial charge >= 0.3 is 0 Å². The number of rotatable bonds is 1. The molecule has 10 heavy (non-hydrogen) atoms. The van der Waals surface area contributed by atoms with Crippen molar-refractivity contribution in [2.24, 2.45) is 5.84 Å². The predicted octanol–water partition coefficient (Wildman–Crippen LogP) is -0.846. The highest BCUT2D eigenvalue weighted by atomic mass is 32.2. The van der Waals surface area contributed by atoms with E-state index in [1.165, 1.54) is 11.8 Å². The maximum Gasteiger partial charge on any atom is 0.273 e. The zero-order chi connectivity index (χ0) is 7.40. The standard InChI is InChI=1S/C5H9N3OS/c6-8-5(9)4-3-7-1-2-10-4/h3,7H,1-2,6H2,(H,8,9). The molecule has 1 heterocycles. The molecule has 0 fully saturated rings. The first kappa shape index (κ1) is 7.43. The summed E-state index contributed by atoms with van der Waals surface area (Å²) in [6.07, 6.45) is 1.68. The molecule has 0 unspecified atom stereocenters. The molecule has 1 amide bonds. The number of hydrogen-bond acceptors (Lipinski definition) is 4. The van der Waals surface area contributed by atoms with Crippen molar-refractivity contribution in [2.75, 3.05) is 12.3 Å². The van der Waals surface area contributed by atoms with Gasteiger partial charge in [-0.05, 0) is 0 Å². The molecule has 0 atom stereocenters. The lowest BCUT2D eigenvalue weighted by Gasteiger charge is -2.11. The van der Waals surface area contributed by atoms with E-state index < -0.39 is 0 Å². The molecule has 1 aliphatic heterocycles. The minimum absolute atomic E-state index is 0.225. The van der Waals surface area contributed by atoms with Gasteiger partial charge < -0.3 is 5.32 Å². The first-order chi connectivity index (χ1) is 4.84. The van der Waals surface area contributed by atoms with Gasteiger partial charge in [0.1, 0.15) is 0 Å². The molecular formula is C5H9N3OS. The maximum absolute atomic E-state index is 10.8. The van der Waals surface area contributed by atoms with Gasteiger partial charge in [0.15, 0.2) is 0 Å². The average Bonchev–Trinajstić information content (AvgIpc) is 2.05. The first-order valence-corrected chi connectivity index (χ1v) is 3.90. The molecule has 1 aliphatic rings. The second kappa shape index (κ2) is 3.48. The molecule has 0 aromatic rings. The molecular weight excluding hydrogens is 150 g/mol. The molecule has 0 aromatic carbocycles. The van der Waals surface area contributed by atoms with Crippen LogP contribution >= 0.6 is 11.8 Å². The van der Waals surface area contributed by atoms with Gasteiger partial charge in [0, 0.05) is 18.5 Å². The minimum Gasteiger partial charge on any atom is -0.389 e. The van der Waals surface area contributed by atoms with Crippen LogP contribution in [0.3, 0.4) is 0 Å². The second-order valence-electron chi connectivity index (χ2n) is 1.78. The smallest absolute Gasteiger partial charge is 0.273 e. The summed E-state index contributed by atoms with van der Waals surface area (Å²) in [6.45, 7) is 0.909. The summed E-state index contributed by atoms with van der Waals surface area (Å²) in [4.78, 5) is 11.4. The quantitative estimate of drug-likeness (QED) is 0.265. The number of nitrogens with two attached hydrogens (primary N) is 1. The van der Waals surface area contributed by atoms with Crippen LogP contribution in [-0.2, 0) is 4.79 Å². The molecule has 56 valence electrons. The van der Waals surface area contributed by atoms with E-state index in [9.17, 15) is 4.79 Å². The van der Waals surface area contributed by atoms with Gasteiger partial charge in [0.05, 0.1) is 4.91 Å². The third-order valence-electron chi connectivity index (χ3n) is 1.09. The molecule has 4 nitrogen and oxygen atoms in total. The van der Waals surface area contributed by atoms with Gasteiger partial charge in [-0.25, -0.2) is 5.84 Å². The van der Waals surface area contributed by atoms with E-state index in [-0.39, 0.29) is 5.91 Å². The predicted molar refractivity (Wildman–Crippen MR) is 40.9 cm³/mol. The number of thioether (sulfide) groups is 1. The van der Waals surface area contributed by atoms with Gasteiger partial charge in [0.25, 0.3) is 5.91 Å². The molecule has 1 rings (SSSR count). The lowest BCUT2D eigenvalue weighted by atomic mass is 10.5. The van der Waals surface area contributed by atoms with Crippen molar-refractivity contribution in [3.63, 3.8) is 0 Å². The van der Waals surface area contributed by atoms with E-state index in [0.29, 0.717) is 4.91 Å². The monoisotopic (exact) mass is 159 g/mol. The third-order valence-corrected chi connectivity index (χ3v) is 2.11. The summed E-state index contributed by atoms with van der Waals surface area (Å²) in [5.74, 6) is 5.61. The van der Waals surface area contributed by atoms with Crippen LogP contribution in [0.25, 0.3) is 0 Å². The molecule has 0 radical (unpaired) electrons. The summed E-state index contributed by atoms with van der Waals surface area (Å²) in [6, 6.07) is 0. The number of carbonyl (C=O) groups is 1. The minimum atomic E-state index is -0.225. The topological polar surface area (TPSA) is 67.1 Å². The number of hydrogen-bond donors (Lipinski definition) is 3. The molecule has 4 N–H and O–H groups in total.